The Morgan fingerprint density at radius 2 is 2.12 bits per heavy atom. The summed E-state index contributed by atoms with van der Waals surface area (Å²) in [5.74, 6) is 1.28. The van der Waals surface area contributed by atoms with Crippen molar-refractivity contribution in [1.29, 1.82) is 0 Å². The lowest BCUT2D eigenvalue weighted by atomic mass is 9.99. The lowest BCUT2D eigenvalue weighted by Gasteiger charge is -2.30. The second kappa shape index (κ2) is 7.67. The molecule has 1 atom stereocenters. The molecule has 100 valence electrons. The fourth-order valence-electron chi connectivity index (χ4n) is 2.11. The third-order valence-electron chi connectivity index (χ3n) is 3.56. The van der Waals surface area contributed by atoms with E-state index in [0.717, 1.165) is 19.0 Å². The Balaban J connectivity index is 2.05. The number of nitrogens with two attached hydrogens (primary N) is 1. The molecule has 4 nitrogen and oxygen atoms in total. The fourth-order valence-corrected chi connectivity index (χ4v) is 2.11. The first kappa shape index (κ1) is 14.5. The van der Waals surface area contributed by atoms with Gasteiger partial charge in [-0.05, 0) is 44.3 Å². The van der Waals surface area contributed by atoms with Crippen molar-refractivity contribution in [2.24, 2.45) is 17.6 Å². The predicted octanol–water partition coefficient (Wildman–Crippen LogP) is 0.819. The van der Waals surface area contributed by atoms with E-state index in [1.807, 2.05) is 6.92 Å². The molecule has 4 heteroatoms. The maximum Gasteiger partial charge on any atom is 0.220 e. The summed E-state index contributed by atoms with van der Waals surface area (Å²) in [6.07, 6.45) is 3.13. The van der Waals surface area contributed by atoms with Gasteiger partial charge in [-0.1, -0.05) is 13.8 Å². The number of carbonyl (C=O) groups excluding carboxylic acids is 1. The molecule has 0 aliphatic carbocycles. The summed E-state index contributed by atoms with van der Waals surface area (Å²) in [6, 6.07) is 0. The number of carbonyl (C=O) groups is 1. The van der Waals surface area contributed by atoms with E-state index in [9.17, 15) is 4.79 Å². The summed E-state index contributed by atoms with van der Waals surface area (Å²) in [7, 11) is 0. The molecule has 1 amide bonds. The van der Waals surface area contributed by atoms with Crippen LogP contribution in [-0.4, -0.2) is 43.5 Å². The van der Waals surface area contributed by atoms with Crippen LogP contribution in [0.5, 0.6) is 0 Å². The standard InChI is InChI=1S/C13H27N3O/c1-11-3-6-16(7-4-11)8-5-15-13(17)9-12(2)10-14/h11-12H,3-10,14H2,1-2H3,(H,15,17). The van der Waals surface area contributed by atoms with E-state index in [2.05, 4.69) is 17.1 Å². The zero-order chi connectivity index (χ0) is 12.7. The van der Waals surface area contributed by atoms with E-state index < -0.39 is 0 Å². The van der Waals surface area contributed by atoms with E-state index in [0.29, 0.717) is 13.0 Å². The summed E-state index contributed by atoms with van der Waals surface area (Å²) < 4.78 is 0. The molecule has 0 saturated carbocycles. The first-order valence-electron chi connectivity index (χ1n) is 6.81. The maximum absolute atomic E-state index is 11.5. The van der Waals surface area contributed by atoms with Crippen molar-refractivity contribution < 1.29 is 4.79 Å². The van der Waals surface area contributed by atoms with E-state index in [-0.39, 0.29) is 11.8 Å². The van der Waals surface area contributed by atoms with Crippen LogP contribution < -0.4 is 11.1 Å². The van der Waals surface area contributed by atoms with Crippen LogP contribution >= 0.6 is 0 Å². The van der Waals surface area contributed by atoms with Gasteiger partial charge >= 0.3 is 0 Å². The van der Waals surface area contributed by atoms with Crippen molar-refractivity contribution in [2.75, 3.05) is 32.7 Å². The summed E-state index contributed by atoms with van der Waals surface area (Å²) in [6.45, 7) is 9.00. The first-order valence-corrected chi connectivity index (χ1v) is 6.81. The van der Waals surface area contributed by atoms with Gasteiger partial charge in [-0.3, -0.25) is 4.79 Å². The van der Waals surface area contributed by atoms with Crippen LogP contribution in [-0.2, 0) is 4.79 Å². The molecule has 0 aromatic heterocycles. The highest BCUT2D eigenvalue weighted by Crippen LogP contribution is 2.15. The lowest BCUT2D eigenvalue weighted by Crippen LogP contribution is -2.39. The van der Waals surface area contributed by atoms with Crippen molar-refractivity contribution in [3.05, 3.63) is 0 Å². The smallest absolute Gasteiger partial charge is 0.220 e. The van der Waals surface area contributed by atoms with Crippen LogP contribution in [0.4, 0.5) is 0 Å². The zero-order valence-electron chi connectivity index (χ0n) is 11.2. The van der Waals surface area contributed by atoms with Gasteiger partial charge in [0.15, 0.2) is 0 Å². The molecule has 1 fully saturated rings. The van der Waals surface area contributed by atoms with Gasteiger partial charge in [0.2, 0.25) is 5.91 Å². The van der Waals surface area contributed by atoms with Crippen LogP contribution in [0.3, 0.4) is 0 Å². The minimum atomic E-state index is 0.133. The Hall–Kier alpha value is -0.610. The Labute approximate surface area is 105 Å². The van der Waals surface area contributed by atoms with Gasteiger partial charge in [0, 0.05) is 19.5 Å². The molecule has 0 radical (unpaired) electrons. The number of nitrogens with one attached hydrogen (secondary N) is 1. The van der Waals surface area contributed by atoms with Gasteiger partial charge in [-0.25, -0.2) is 0 Å². The third-order valence-corrected chi connectivity index (χ3v) is 3.56. The number of hydrogen-bond donors (Lipinski definition) is 2. The second-order valence-electron chi connectivity index (χ2n) is 5.42. The Bertz CT molecular complexity index is 225. The Morgan fingerprint density at radius 1 is 1.47 bits per heavy atom. The summed E-state index contributed by atoms with van der Waals surface area (Å²) in [5.41, 5.74) is 5.49. The lowest BCUT2D eigenvalue weighted by molar-refractivity contribution is -0.121. The number of likely N-dealkylation sites (tertiary alicyclic amines) is 1. The minimum absolute atomic E-state index is 0.133. The van der Waals surface area contributed by atoms with Gasteiger partial charge in [0.05, 0.1) is 0 Å². The number of hydrogen-bond acceptors (Lipinski definition) is 3. The second-order valence-corrected chi connectivity index (χ2v) is 5.42. The van der Waals surface area contributed by atoms with E-state index in [1.54, 1.807) is 0 Å². The Kier molecular flexibility index (Phi) is 6.52. The van der Waals surface area contributed by atoms with Crippen LogP contribution in [0, 0.1) is 11.8 Å². The molecule has 1 heterocycles. The van der Waals surface area contributed by atoms with Crippen molar-refractivity contribution in [3.8, 4) is 0 Å². The molecule has 0 bridgehead atoms. The molecule has 0 spiro atoms. The summed E-state index contributed by atoms with van der Waals surface area (Å²) >= 11 is 0. The molecule has 1 unspecified atom stereocenters. The summed E-state index contributed by atoms with van der Waals surface area (Å²) in [4.78, 5) is 14.0. The third kappa shape index (κ3) is 6.03. The van der Waals surface area contributed by atoms with Crippen LogP contribution in [0.25, 0.3) is 0 Å². The highest BCUT2D eigenvalue weighted by Gasteiger charge is 2.15. The number of rotatable bonds is 6. The molecular formula is C13H27N3O. The van der Waals surface area contributed by atoms with E-state index in [1.165, 1.54) is 25.9 Å². The van der Waals surface area contributed by atoms with Gasteiger partial charge in [0.25, 0.3) is 0 Å². The molecule has 0 aromatic carbocycles. The number of amides is 1. The average Bonchev–Trinajstić information content (AvgIpc) is 2.31. The van der Waals surface area contributed by atoms with Gasteiger partial charge < -0.3 is 16.0 Å². The van der Waals surface area contributed by atoms with Gasteiger partial charge in [-0.15, -0.1) is 0 Å². The first-order chi connectivity index (χ1) is 8.11. The Morgan fingerprint density at radius 3 is 2.71 bits per heavy atom. The fraction of sp³-hybridized carbons (Fsp3) is 0.923. The molecule has 1 aliphatic heterocycles. The molecule has 1 aliphatic rings. The molecule has 1 rings (SSSR count). The van der Waals surface area contributed by atoms with E-state index in [4.69, 9.17) is 5.73 Å². The normalized spacial score (nSPS) is 20.2. The highest BCUT2D eigenvalue weighted by molar-refractivity contribution is 5.76. The molecular weight excluding hydrogens is 214 g/mol. The van der Waals surface area contributed by atoms with Gasteiger partial charge in [0.1, 0.15) is 0 Å². The topological polar surface area (TPSA) is 58.4 Å². The van der Waals surface area contributed by atoms with Gasteiger partial charge in [-0.2, -0.15) is 0 Å². The van der Waals surface area contributed by atoms with Crippen LogP contribution in [0.15, 0.2) is 0 Å². The number of piperidine rings is 1. The SMILES string of the molecule is CC1CCN(CCNC(=O)CC(C)CN)CC1. The molecule has 0 aromatic rings. The number of nitrogens with zero attached hydrogens (tertiary/aromatic N) is 1. The maximum atomic E-state index is 11.5. The highest BCUT2D eigenvalue weighted by atomic mass is 16.1. The van der Waals surface area contributed by atoms with Crippen LogP contribution in [0.2, 0.25) is 0 Å². The molecule has 1 saturated heterocycles. The predicted molar refractivity (Wildman–Crippen MR) is 70.7 cm³/mol. The van der Waals surface area contributed by atoms with Crippen molar-refractivity contribution >= 4 is 5.91 Å². The largest absolute Gasteiger partial charge is 0.355 e. The van der Waals surface area contributed by atoms with Crippen molar-refractivity contribution in [3.63, 3.8) is 0 Å². The minimum Gasteiger partial charge on any atom is -0.355 e. The van der Waals surface area contributed by atoms with Crippen LogP contribution in [0.1, 0.15) is 33.1 Å². The quantitative estimate of drug-likeness (QED) is 0.724. The monoisotopic (exact) mass is 241 g/mol. The molecule has 17 heavy (non-hydrogen) atoms. The average molecular weight is 241 g/mol. The van der Waals surface area contributed by atoms with E-state index >= 15 is 0 Å². The summed E-state index contributed by atoms with van der Waals surface area (Å²) in [5, 5.41) is 2.97. The zero-order valence-corrected chi connectivity index (χ0v) is 11.2. The van der Waals surface area contributed by atoms with Crippen molar-refractivity contribution in [1.82, 2.24) is 10.2 Å². The molecule has 3 N–H and O–H groups in total. The van der Waals surface area contributed by atoms with Crippen molar-refractivity contribution in [2.45, 2.75) is 33.1 Å².